The van der Waals surface area contributed by atoms with E-state index in [1.165, 1.54) is 0 Å². The van der Waals surface area contributed by atoms with Gasteiger partial charge in [-0.05, 0) is 31.5 Å². The van der Waals surface area contributed by atoms with Gasteiger partial charge in [0.1, 0.15) is 6.61 Å². The van der Waals surface area contributed by atoms with E-state index >= 15 is 0 Å². The van der Waals surface area contributed by atoms with E-state index in [0.717, 1.165) is 25.9 Å². The van der Waals surface area contributed by atoms with Crippen LogP contribution in [-0.2, 0) is 0 Å². The van der Waals surface area contributed by atoms with Crippen LogP contribution in [0.2, 0.25) is 10.0 Å². The van der Waals surface area contributed by atoms with E-state index in [1.807, 2.05) is 0 Å². The minimum Gasteiger partial charge on any atom is -0.489 e. The van der Waals surface area contributed by atoms with Gasteiger partial charge in [0, 0.05) is 12.6 Å². The highest BCUT2D eigenvalue weighted by atomic mass is 35.5. The Hall–Kier alpha value is -0.480. The molecule has 18 heavy (non-hydrogen) atoms. The van der Waals surface area contributed by atoms with Crippen LogP contribution < -0.4 is 4.74 Å². The van der Waals surface area contributed by atoms with Gasteiger partial charge < -0.3 is 9.84 Å². The zero-order valence-corrected chi connectivity index (χ0v) is 11.6. The number of nitrogens with zero attached hydrogens (tertiary/aromatic N) is 1. The highest BCUT2D eigenvalue weighted by molar-refractivity contribution is 6.37. The van der Waals surface area contributed by atoms with E-state index in [1.54, 1.807) is 18.2 Å². The predicted molar refractivity (Wildman–Crippen MR) is 73.6 cm³/mol. The molecule has 0 aromatic heterocycles. The fraction of sp³-hybridized carbons (Fsp3) is 0.538. The maximum atomic E-state index is 9.22. The molecule has 0 amide bonds. The van der Waals surface area contributed by atoms with Gasteiger partial charge in [0.15, 0.2) is 5.75 Å². The van der Waals surface area contributed by atoms with Crippen molar-refractivity contribution in [2.24, 2.45) is 0 Å². The molecule has 1 N–H and O–H groups in total. The van der Waals surface area contributed by atoms with Gasteiger partial charge in [0.05, 0.1) is 16.7 Å². The Morgan fingerprint density at radius 1 is 1.33 bits per heavy atom. The fourth-order valence-electron chi connectivity index (χ4n) is 2.28. The topological polar surface area (TPSA) is 32.7 Å². The molecule has 0 unspecified atom stereocenters. The van der Waals surface area contributed by atoms with Crippen LogP contribution in [0.3, 0.4) is 0 Å². The third-order valence-electron chi connectivity index (χ3n) is 3.25. The lowest BCUT2D eigenvalue weighted by atomic mass is 10.2. The van der Waals surface area contributed by atoms with E-state index in [0.29, 0.717) is 22.4 Å². The van der Waals surface area contributed by atoms with Crippen LogP contribution in [-0.4, -0.2) is 42.4 Å². The molecule has 1 atom stereocenters. The van der Waals surface area contributed by atoms with Crippen LogP contribution >= 0.6 is 23.2 Å². The molecule has 1 aromatic carbocycles. The molecule has 5 heteroatoms. The molecule has 2 rings (SSSR count). The predicted octanol–water partition coefficient (Wildman–Crippen LogP) is 2.83. The number of aliphatic hydroxyl groups is 1. The largest absolute Gasteiger partial charge is 0.489 e. The summed E-state index contributed by atoms with van der Waals surface area (Å²) < 4.78 is 5.64. The first-order valence-corrected chi connectivity index (χ1v) is 6.89. The van der Waals surface area contributed by atoms with E-state index in [9.17, 15) is 5.11 Å². The molecule has 0 radical (unpaired) electrons. The van der Waals surface area contributed by atoms with Crippen LogP contribution in [0.4, 0.5) is 0 Å². The number of para-hydroxylation sites is 1. The molecular formula is C13H17Cl2NO2. The van der Waals surface area contributed by atoms with Gasteiger partial charge in [-0.2, -0.15) is 0 Å². The highest BCUT2D eigenvalue weighted by Gasteiger charge is 2.23. The van der Waals surface area contributed by atoms with Crippen LogP contribution in [0.1, 0.15) is 12.8 Å². The number of likely N-dealkylation sites (tertiary alicyclic amines) is 1. The molecule has 1 fully saturated rings. The summed E-state index contributed by atoms with van der Waals surface area (Å²) in [5.41, 5.74) is 0. The van der Waals surface area contributed by atoms with Gasteiger partial charge in [0.25, 0.3) is 0 Å². The van der Waals surface area contributed by atoms with Crippen molar-refractivity contribution in [3.63, 3.8) is 0 Å². The lowest BCUT2D eigenvalue weighted by Crippen LogP contribution is -2.35. The Labute approximate surface area is 117 Å². The second-order valence-electron chi connectivity index (χ2n) is 4.41. The van der Waals surface area contributed by atoms with Gasteiger partial charge in [-0.25, -0.2) is 0 Å². The van der Waals surface area contributed by atoms with Crippen molar-refractivity contribution in [2.45, 2.75) is 18.9 Å². The summed E-state index contributed by atoms with van der Waals surface area (Å²) in [6.45, 7) is 2.55. The number of benzene rings is 1. The van der Waals surface area contributed by atoms with E-state index in [-0.39, 0.29) is 12.6 Å². The zero-order chi connectivity index (χ0) is 13.0. The standard InChI is InChI=1S/C13H17Cl2NO2/c14-11-4-1-5-12(15)13(11)18-8-7-16-6-2-3-10(16)9-17/h1,4-5,10,17H,2-3,6-9H2/t10-/m1/s1. The minimum absolute atomic E-state index is 0.215. The number of ether oxygens (including phenoxy) is 1. The molecular weight excluding hydrogens is 273 g/mol. The number of aliphatic hydroxyl groups excluding tert-OH is 1. The number of rotatable bonds is 5. The number of hydrogen-bond donors (Lipinski definition) is 1. The number of halogens is 2. The smallest absolute Gasteiger partial charge is 0.156 e. The second kappa shape index (κ2) is 6.62. The van der Waals surface area contributed by atoms with Crippen LogP contribution in [0, 0.1) is 0 Å². The molecule has 0 aliphatic carbocycles. The minimum atomic E-state index is 0.215. The summed E-state index contributed by atoms with van der Waals surface area (Å²) in [5.74, 6) is 0.542. The van der Waals surface area contributed by atoms with Crippen molar-refractivity contribution in [3.05, 3.63) is 28.2 Å². The average Bonchev–Trinajstić information content (AvgIpc) is 2.80. The molecule has 1 aromatic rings. The zero-order valence-electron chi connectivity index (χ0n) is 10.1. The van der Waals surface area contributed by atoms with Gasteiger partial charge in [0.2, 0.25) is 0 Å². The first kappa shape index (κ1) is 13.9. The van der Waals surface area contributed by atoms with Crippen molar-refractivity contribution >= 4 is 23.2 Å². The van der Waals surface area contributed by atoms with Gasteiger partial charge in [-0.1, -0.05) is 29.3 Å². The molecule has 0 spiro atoms. The Balaban J connectivity index is 1.85. The Morgan fingerprint density at radius 3 is 2.72 bits per heavy atom. The van der Waals surface area contributed by atoms with Crippen molar-refractivity contribution < 1.29 is 9.84 Å². The third-order valence-corrected chi connectivity index (χ3v) is 3.85. The molecule has 1 aliphatic rings. The molecule has 100 valence electrons. The molecule has 3 nitrogen and oxygen atoms in total. The Morgan fingerprint density at radius 2 is 2.06 bits per heavy atom. The van der Waals surface area contributed by atoms with E-state index in [2.05, 4.69) is 4.90 Å². The van der Waals surface area contributed by atoms with Crippen molar-refractivity contribution in [1.29, 1.82) is 0 Å². The summed E-state index contributed by atoms with van der Waals surface area (Å²) in [7, 11) is 0. The molecule has 1 saturated heterocycles. The summed E-state index contributed by atoms with van der Waals surface area (Å²) in [5, 5.41) is 10.3. The number of hydrogen-bond acceptors (Lipinski definition) is 3. The van der Waals surface area contributed by atoms with Crippen LogP contribution in [0.5, 0.6) is 5.75 Å². The first-order valence-electron chi connectivity index (χ1n) is 6.14. The van der Waals surface area contributed by atoms with E-state index < -0.39 is 0 Å². The maximum absolute atomic E-state index is 9.22. The SMILES string of the molecule is OC[C@H]1CCCN1CCOc1c(Cl)cccc1Cl. The average molecular weight is 290 g/mol. The van der Waals surface area contributed by atoms with Gasteiger partial charge in [-0.15, -0.1) is 0 Å². The molecule has 0 saturated carbocycles. The van der Waals surface area contributed by atoms with Crippen LogP contribution in [0.25, 0.3) is 0 Å². The van der Waals surface area contributed by atoms with Gasteiger partial charge >= 0.3 is 0 Å². The summed E-state index contributed by atoms with van der Waals surface area (Å²) in [6.07, 6.45) is 2.20. The quantitative estimate of drug-likeness (QED) is 0.905. The summed E-state index contributed by atoms with van der Waals surface area (Å²) >= 11 is 12.0. The first-order chi connectivity index (χ1) is 8.72. The maximum Gasteiger partial charge on any atom is 0.156 e. The second-order valence-corrected chi connectivity index (χ2v) is 5.23. The van der Waals surface area contributed by atoms with Crippen molar-refractivity contribution in [1.82, 2.24) is 4.90 Å². The normalized spacial score (nSPS) is 20.3. The lowest BCUT2D eigenvalue weighted by molar-refractivity contribution is 0.139. The van der Waals surface area contributed by atoms with Gasteiger partial charge in [-0.3, -0.25) is 4.90 Å². The molecule has 1 heterocycles. The third kappa shape index (κ3) is 3.29. The van der Waals surface area contributed by atoms with E-state index in [4.69, 9.17) is 27.9 Å². The molecule has 1 aliphatic heterocycles. The fourth-order valence-corrected chi connectivity index (χ4v) is 2.79. The summed E-state index contributed by atoms with van der Waals surface area (Å²) in [4.78, 5) is 2.24. The van der Waals surface area contributed by atoms with Crippen LogP contribution in [0.15, 0.2) is 18.2 Å². The van der Waals surface area contributed by atoms with Crippen molar-refractivity contribution in [2.75, 3.05) is 26.3 Å². The molecule has 0 bridgehead atoms. The lowest BCUT2D eigenvalue weighted by Gasteiger charge is -2.22. The Bertz CT molecular complexity index is 380. The highest BCUT2D eigenvalue weighted by Crippen LogP contribution is 2.32. The monoisotopic (exact) mass is 289 g/mol. The summed E-state index contributed by atoms with van der Waals surface area (Å²) in [6, 6.07) is 5.58. The van der Waals surface area contributed by atoms with Crippen molar-refractivity contribution in [3.8, 4) is 5.75 Å². The Kier molecular flexibility index (Phi) is 5.13.